The second-order valence-electron chi connectivity index (χ2n) is 2.68. The van der Waals surface area contributed by atoms with Crippen LogP contribution in [0.3, 0.4) is 0 Å². The third-order valence-corrected chi connectivity index (χ3v) is 1.76. The quantitative estimate of drug-likeness (QED) is 0.580. The van der Waals surface area contributed by atoms with Crippen LogP contribution in [0, 0.1) is 12.7 Å². The number of methoxy groups -OCH3 is 1. The lowest BCUT2D eigenvalue weighted by atomic mass is 10.1. The minimum atomic E-state index is -0.718. The second-order valence-corrected chi connectivity index (χ2v) is 2.68. The summed E-state index contributed by atoms with van der Waals surface area (Å²) < 4.78 is 17.5. The van der Waals surface area contributed by atoms with Crippen molar-refractivity contribution in [1.82, 2.24) is 0 Å². The summed E-state index contributed by atoms with van der Waals surface area (Å²) in [5.41, 5.74) is 6.35. The number of esters is 1. The minimum absolute atomic E-state index is 0. The molecule has 14 heavy (non-hydrogen) atoms. The van der Waals surface area contributed by atoms with Crippen LogP contribution in [-0.2, 0) is 4.74 Å². The van der Waals surface area contributed by atoms with Crippen LogP contribution < -0.4 is 5.73 Å². The molecule has 0 aliphatic rings. The lowest BCUT2D eigenvalue weighted by Crippen LogP contribution is -2.06. The van der Waals surface area contributed by atoms with Crippen LogP contribution in [0.1, 0.15) is 15.9 Å². The molecule has 0 fully saturated rings. The SMILES string of the molecule is COC(=O)c1cc(N)c(C)cc1F.Cl. The van der Waals surface area contributed by atoms with Gasteiger partial charge in [-0.25, -0.2) is 9.18 Å². The third-order valence-electron chi connectivity index (χ3n) is 1.76. The zero-order chi connectivity index (χ0) is 10.0. The molecule has 0 saturated heterocycles. The van der Waals surface area contributed by atoms with Gasteiger partial charge in [0.2, 0.25) is 0 Å². The molecule has 0 heterocycles. The molecule has 0 spiro atoms. The van der Waals surface area contributed by atoms with Crippen molar-refractivity contribution in [1.29, 1.82) is 0 Å². The third kappa shape index (κ3) is 2.35. The summed E-state index contributed by atoms with van der Waals surface area (Å²) in [5.74, 6) is -1.33. The Morgan fingerprint density at radius 3 is 2.57 bits per heavy atom. The lowest BCUT2D eigenvalue weighted by Gasteiger charge is -2.04. The fourth-order valence-electron chi connectivity index (χ4n) is 0.956. The predicted molar refractivity (Wildman–Crippen MR) is 54.1 cm³/mol. The molecule has 2 N–H and O–H groups in total. The number of hydrogen-bond donors (Lipinski definition) is 1. The summed E-state index contributed by atoms with van der Waals surface area (Å²) in [6.45, 7) is 1.67. The molecule has 5 heteroatoms. The van der Waals surface area contributed by atoms with Gasteiger partial charge in [-0.15, -0.1) is 12.4 Å². The highest BCUT2D eigenvalue weighted by Crippen LogP contribution is 2.17. The summed E-state index contributed by atoms with van der Waals surface area (Å²) in [6.07, 6.45) is 0. The van der Waals surface area contributed by atoms with Gasteiger partial charge in [0.1, 0.15) is 5.82 Å². The maximum atomic E-state index is 13.1. The Morgan fingerprint density at radius 2 is 2.07 bits per heavy atom. The van der Waals surface area contributed by atoms with Gasteiger partial charge in [0, 0.05) is 5.69 Å². The van der Waals surface area contributed by atoms with E-state index in [-0.39, 0.29) is 18.0 Å². The Balaban J connectivity index is 0.00000169. The molecular formula is C9H11ClFNO2. The Kier molecular flexibility index (Phi) is 4.37. The average molecular weight is 220 g/mol. The highest BCUT2D eigenvalue weighted by Gasteiger charge is 2.13. The largest absolute Gasteiger partial charge is 0.465 e. The van der Waals surface area contributed by atoms with Crippen LogP contribution in [0.5, 0.6) is 0 Å². The molecule has 0 bridgehead atoms. The number of halogens is 2. The van der Waals surface area contributed by atoms with Gasteiger partial charge in [0.15, 0.2) is 0 Å². The molecule has 0 amide bonds. The number of carbonyl (C=O) groups excluding carboxylic acids is 1. The van der Waals surface area contributed by atoms with Crippen molar-refractivity contribution in [2.45, 2.75) is 6.92 Å². The summed E-state index contributed by atoms with van der Waals surface area (Å²) >= 11 is 0. The van der Waals surface area contributed by atoms with Gasteiger partial charge >= 0.3 is 5.97 Å². The van der Waals surface area contributed by atoms with E-state index in [9.17, 15) is 9.18 Å². The lowest BCUT2D eigenvalue weighted by molar-refractivity contribution is 0.0595. The topological polar surface area (TPSA) is 52.3 Å². The fraction of sp³-hybridized carbons (Fsp3) is 0.222. The molecule has 1 rings (SSSR count). The Hall–Kier alpha value is -1.29. The van der Waals surface area contributed by atoms with E-state index in [1.54, 1.807) is 6.92 Å². The van der Waals surface area contributed by atoms with Crippen molar-refractivity contribution in [3.63, 3.8) is 0 Å². The van der Waals surface area contributed by atoms with E-state index in [2.05, 4.69) is 4.74 Å². The van der Waals surface area contributed by atoms with Gasteiger partial charge < -0.3 is 10.5 Å². The number of nitrogens with two attached hydrogens (primary N) is 1. The summed E-state index contributed by atoms with van der Waals surface area (Å²) in [4.78, 5) is 11.0. The van der Waals surface area contributed by atoms with Gasteiger partial charge in [-0.1, -0.05) is 0 Å². The smallest absolute Gasteiger partial charge is 0.340 e. The van der Waals surface area contributed by atoms with Crippen molar-refractivity contribution in [2.75, 3.05) is 12.8 Å². The first-order valence-electron chi connectivity index (χ1n) is 3.70. The first-order valence-corrected chi connectivity index (χ1v) is 3.70. The molecule has 78 valence electrons. The molecule has 0 atom stereocenters. The second kappa shape index (κ2) is 4.81. The van der Waals surface area contributed by atoms with Crippen LogP contribution in [0.25, 0.3) is 0 Å². The van der Waals surface area contributed by atoms with Gasteiger partial charge in [-0.05, 0) is 24.6 Å². The van der Waals surface area contributed by atoms with Crippen LogP contribution in [0.15, 0.2) is 12.1 Å². The van der Waals surface area contributed by atoms with Crippen LogP contribution in [0.4, 0.5) is 10.1 Å². The molecule has 0 aliphatic carbocycles. The minimum Gasteiger partial charge on any atom is -0.465 e. The predicted octanol–water partition coefficient (Wildman–Crippen LogP) is 1.92. The van der Waals surface area contributed by atoms with Gasteiger partial charge in [0.25, 0.3) is 0 Å². The normalized spacial score (nSPS) is 9.07. The maximum absolute atomic E-state index is 13.1. The number of benzene rings is 1. The first-order chi connectivity index (χ1) is 6.06. The number of anilines is 1. The molecule has 0 aliphatic heterocycles. The Labute approximate surface area is 87.5 Å². The van der Waals surface area contributed by atoms with Crippen LogP contribution in [-0.4, -0.2) is 13.1 Å². The van der Waals surface area contributed by atoms with E-state index in [0.29, 0.717) is 11.3 Å². The van der Waals surface area contributed by atoms with Crippen molar-refractivity contribution in [3.8, 4) is 0 Å². The van der Waals surface area contributed by atoms with E-state index in [1.165, 1.54) is 19.2 Å². The fourth-order valence-corrected chi connectivity index (χ4v) is 0.956. The number of hydrogen-bond acceptors (Lipinski definition) is 3. The Morgan fingerprint density at radius 1 is 1.50 bits per heavy atom. The van der Waals surface area contributed by atoms with Gasteiger partial charge in [-0.2, -0.15) is 0 Å². The monoisotopic (exact) mass is 219 g/mol. The summed E-state index contributed by atoms with van der Waals surface area (Å²) in [5, 5.41) is 0. The van der Waals surface area contributed by atoms with Crippen molar-refractivity contribution in [3.05, 3.63) is 29.1 Å². The van der Waals surface area contributed by atoms with E-state index < -0.39 is 11.8 Å². The first kappa shape index (κ1) is 12.7. The number of rotatable bonds is 1. The van der Waals surface area contributed by atoms with Gasteiger partial charge in [-0.3, -0.25) is 0 Å². The van der Waals surface area contributed by atoms with E-state index >= 15 is 0 Å². The standard InChI is InChI=1S/C9H10FNO2.ClH/c1-5-3-7(10)6(4-8(5)11)9(12)13-2;/h3-4H,11H2,1-2H3;1H. The maximum Gasteiger partial charge on any atom is 0.340 e. The van der Waals surface area contributed by atoms with Crippen molar-refractivity contribution in [2.24, 2.45) is 0 Å². The molecule has 1 aromatic rings. The Bertz CT molecular complexity index is 355. The number of ether oxygens (including phenoxy) is 1. The van der Waals surface area contributed by atoms with E-state index in [1.807, 2.05) is 0 Å². The molecule has 0 aromatic heterocycles. The molecular weight excluding hydrogens is 209 g/mol. The highest BCUT2D eigenvalue weighted by atomic mass is 35.5. The van der Waals surface area contributed by atoms with Crippen LogP contribution in [0.2, 0.25) is 0 Å². The summed E-state index contributed by atoms with van der Waals surface area (Å²) in [7, 11) is 1.19. The zero-order valence-corrected chi connectivity index (χ0v) is 8.65. The van der Waals surface area contributed by atoms with E-state index in [4.69, 9.17) is 5.73 Å². The molecule has 1 aromatic carbocycles. The van der Waals surface area contributed by atoms with Crippen molar-refractivity contribution >= 4 is 24.1 Å². The molecule has 0 unspecified atom stereocenters. The average Bonchev–Trinajstić information content (AvgIpc) is 2.10. The number of aryl methyl sites for hydroxylation is 1. The van der Waals surface area contributed by atoms with E-state index in [0.717, 1.165) is 0 Å². The molecule has 0 saturated carbocycles. The number of carbonyl (C=O) groups is 1. The summed E-state index contributed by atoms with van der Waals surface area (Å²) in [6, 6.07) is 2.48. The van der Waals surface area contributed by atoms with Gasteiger partial charge in [0.05, 0.1) is 12.7 Å². The highest BCUT2D eigenvalue weighted by molar-refractivity contribution is 5.90. The molecule has 0 radical (unpaired) electrons. The number of nitrogen functional groups attached to an aromatic ring is 1. The van der Waals surface area contributed by atoms with Crippen LogP contribution >= 0.6 is 12.4 Å². The zero-order valence-electron chi connectivity index (χ0n) is 7.83. The van der Waals surface area contributed by atoms with Crippen molar-refractivity contribution < 1.29 is 13.9 Å². The molecule has 3 nitrogen and oxygen atoms in total.